The van der Waals surface area contributed by atoms with Gasteiger partial charge in [0.15, 0.2) is 0 Å². The van der Waals surface area contributed by atoms with Gasteiger partial charge in [-0.3, -0.25) is 0 Å². The Morgan fingerprint density at radius 1 is 1.29 bits per heavy atom. The predicted octanol–water partition coefficient (Wildman–Crippen LogP) is 7.08. The molecule has 0 fully saturated rings. The van der Waals surface area contributed by atoms with Crippen molar-refractivity contribution in [1.29, 1.82) is 0 Å². The fourth-order valence-electron chi connectivity index (χ4n) is 4.71. The third-order valence-electron chi connectivity index (χ3n) is 6.44. The summed E-state index contributed by atoms with van der Waals surface area (Å²) < 4.78 is 41.9. The summed E-state index contributed by atoms with van der Waals surface area (Å²) in [6.07, 6.45) is 5.07. The Hall–Kier alpha value is -2.11. The first-order valence-electron chi connectivity index (χ1n) is 11.5. The summed E-state index contributed by atoms with van der Waals surface area (Å²) in [5, 5.41) is 2.67. The number of allylic oxidation sites excluding steroid dienone is 2. The van der Waals surface area contributed by atoms with E-state index in [4.69, 9.17) is 9.47 Å². The van der Waals surface area contributed by atoms with Crippen LogP contribution in [0.5, 0.6) is 11.5 Å². The second-order valence-electron chi connectivity index (χ2n) is 9.40. The van der Waals surface area contributed by atoms with Gasteiger partial charge in [0.05, 0.1) is 0 Å². The molecular formula is C25H35F2NO3. The Labute approximate surface area is 184 Å². The highest BCUT2D eigenvalue weighted by atomic mass is 19.3. The highest BCUT2D eigenvalue weighted by Gasteiger charge is 2.46. The van der Waals surface area contributed by atoms with Crippen molar-refractivity contribution in [3.8, 4) is 11.5 Å². The minimum atomic E-state index is -3.02. The van der Waals surface area contributed by atoms with Crippen LogP contribution in [0.4, 0.5) is 13.6 Å². The van der Waals surface area contributed by atoms with E-state index in [1.54, 1.807) is 0 Å². The van der Waals surface area contributed by atoms with Crippen LogP contribution in [0.2, 0.25) is 0 Å². The monoisotopic (exact) mass is 435 g/mol. The third kappa shape index (κ3) is 5.04. The summed E-state index contributed by atoms with van der Waals surface area (Å²) in [5.41, 5.74) is 1.28. The highest BCUT2D eigenvalue weighted by molar-refractivity contribution is 5.72. The zero-order valence-corrected chi connectivity index (χ0v) is 19.3. The lowest BCUT2D eigenvalue weighted by molar-refractivity contribution is -0.0181. The number of halogens is 2. The summed E-state index contributed by atoms with van der Waals surface area (Å²) in [4.78, 5) is 12.4. The summed E-state index contributed by atoms with van der Waals surface area (Å²) in [5.74, 6) is -2.32. The molecule has 0 radical (unpaired) electrons. The van der Waals surface area contributed by atoms with E-state index in [2.05, 4.69) is 18.3 Å². The number of hydrogen-bond acceptors (Lipinski definition) is 3. The Bertz CT molecular complexity index is 847. The summed E-state index contributed by atoms with van der Waals surface area (Å²) in [6, 6.07) is 2.80. The molecule has 1 aliphatic heterocycles. The van der Waals surface area contributed by atoms with Gasteiger partial charge in [0.1, 0.15) is 17.1 Å². The van der Waals surface area contributed by atoms with Gasteiger partial charge in [-0.2, -0.15) is 0 Å². The van der Waals surface area contributed by atoms with Crippen LogP contribution in [0.3, 0.4) is 0 Å². The molecular weight excluding hydrogens is 400 g/mol. The molecule has 1 aromatic carbocycles. The lowest BCUT2D eigenvalue weighted by Gasteiger charge is -2.46. The minimum Gasteiger partial charge on any atom is -0.487 e. The Kier molecular flexibility index (Phi) is 6.97. The lowest BCUT2D eigenvalue weighted by atomic mass is 9.68. The standard InChI is InChI=1S/C25H35F2NO3/c1-6-8-11-25(26,27)17-14-20(30-23(29)28-12-7-2)22-18-13-16(3)9-10-19(18)24(4,5)31-21(22)15-17/h13-15,18-19H,6-12H2,1-5H3,(H,28,29)/t18-,19-/m1/s1. The number of fused-ring (bicyclic) bond motifs is 3. The number of carbonyl (C=O) groups excluding carboxylic acids is 1. The predicted molar refractivity (Wildman–Crippen MR) is 118 cm³/mol. The van der Waals surface area contributed by atoms with Crippen molar-refractivity contribution < 1.29 is 23.0 Å². The average Bonchev–Trinajstić information content (AvgIpc) is 2.69. The van der Waals surface area contributed by atoms with E-state index in [0.717, 1.165) is 19.3 Å². The van der Waals surface area contributed by atoms with Crippen molar-refractivity contribution >= 4 is 6.09 Å². The smallest absolute Gasteiger partial charge is 0.412 e. The number of ether oxygens (including phenoxy) is 2. The van der Waals surface area contributed by atoms with Crippen LogP contribution in [0.25, 0.3) is 0 Å². The molecule has 1 aliphatic carbocycles. The first kappa shape index (κ1) is 23.6. The molecule has 4 nitrogen and oxygen atoms in total. The van der Waals surface area contributed by atoms with E-state index in [1.165, 1.54) is 17.7 Å². The molecule has 0 spiro atoms. The number of hydrogen-bond donors (Lipinski definition) is 1. The summed E-state index contributed by atoms with van der Waals surface area (Å²) >= 11 is 0. The molecule has 2 atom stereocenters. The van der Waals surface area contributed by atoms with E-state index in [0.29, 0.717) is 30.7 Å². The normalized spacial score (nSPS) is 22.0. The van der Waals surface area contributed by atoms with E-state index in [9.17, 15) is 13.6 Å². The topological polar surface area (TPSA) is 47.6 Å². The van der Waals surface area contributed by atoms with E-state index in [-0.39, 0.29) is 29.6 Å². The van der Waals surface area contributed by atoms with Crippen molar-refractivity contribution in [3.63, 3.8) is 0 Å². The van der Waals surface area contributed by atoms with Gasteiger partial charge in [0.2, 0.25) is 0 Å². The maximum Gasteiger partial charge on any atom is 0.412 e. The lowest BCUT2D eigenvalue weighted by Crippen LogP contribution is -2.45. The number of rotatable bonds is 7. The van der Waals surface area contributed by atoms with E-state index >= 15 is 0 Å². The van der Waals surface area contributed by atoms with Crippen LogP contribution < -0.4 is 14.8 Å². The van der Waals surface area contributed by atoms with Crippen LogP contribution in [0.15, 0.2) is 23.8 Å². The molecule has 1 amide bonds. The second-order valence-corrected chi connectivity index (χ2v) is 9.40. The maximum absolute atomic E-state index is 15.0. The number of amides is 1. The molecule has 172 valence electrons. The quantitative estimate of drug-likeness (QED) is 0.466. The molecule has 0 saturated carbocycles. The third-order valence-corrected chi connectivity index (χ3v) is 6.44. The zero-order chi connectivity index (χ0) is 22.8. The van der Waals surface area contributed by atoms with Crippen LogP contribution >= 0.6 is 0 Å². The van der Waals surface area contributed by atoms with Gasteiger partial charge in [0, 0.05) is 35.9 Å². The molecule has 31 heavy (non-hydrogen) atoms. The largest absolute Gasteiger partial charge is 0.487 e. The Morgan fingerprint density at radius 2 is 2.03 bits per heavy atom. The maximum atomic E-state index is 15.0. The van der Waals surface area contributed by atoms with Gasteiger partial charge in [-0.15, -0.1) is 0 Å². The van der Waals surface area contributed by atoms with Gasteiger partial charge < -0.3 is 14.8 Å². The Balaban J connectivity index is 2.12. The van der Waals surface area contributed by atoms with Crippen molar-refractivity contribution in [2.75, 3.05) is 6.54 Å². The fourth-order valence-corrected chi connectivity index (χ4v) is 4.71. The van der Waals surface area contributed by atoms with Gasteiger partial charge in [-0.25, -0.2) is 13.6 Å². The van der Waals surface area contributed by atoms with Crippen molar-refractivity contribution in [2.45, 2.75) is 90.6 Å². The zero-order valence-electron chi connectivity index (χ0n) is 19.3. The number of nitrogens with one attached hydrogen (secondary N) is 1. The molecule has 2 aliphatic rings. The molecule has 1 heterocycles. The first-order valence-corrected chi connectivity index (χ1v) is 11.5. The van der Waals surface area contributed by atoms with Crippen LogP contribution in [-0.4, -0.2) is 18.2 Å². The molecule has 0 bridgehead atoms. The average molecular weight is 436 g/mol. The summed E-state index contributed by atoms with van der Waals surface area (Å²) in [7, 11) is 0. The highest BCUT2D eigenvalue weighted by Crippen LogP contribution is 2.54. The van der Waals surface area contributed by atoms with Gasteiger partial charge in [-0.1, -0.05) is 31.9 Å². The van der Waals surface area contributed by atoms with Crippen molar-refractivity contribution in [2.24, 2.45) is 5.92 Å². The molecule has 0 aromatic heterocycles. The fraction of sp³-hybridized carbons (Fsp3) is 0.640. The number of alkyl halides is 2. The van der Waals surface area contributed by atoms with Crippen molar-refractivity contribution in [3.05, 3.63) is 34.9 Å². The van der Waals surface area contributed by atoms with E-state index < -0.39 is 17.6 Å². The molecule has 0 unspecified atom stereocenters. The molecule has 6 heteroatoms. The second kappa shape index (κ2) is 9.17. The van der Waals surface area contributed by atoms with Crippen LogP contribution in [0, 0.1) is 5.92 Å². The van der Waals surface area contributed by atoms with E-state index in [1.807, 2.05) is 27.7 Å². The molecule has 1 N–H and O–H groups in total. The van der Waals surface area contributed by atoms with Crippen LogP contribution in [0.1, 0.15) is 90.2 Å². The Morgan fingerprint density at radius 3 is 2.71 bits per heavy atom. The molecule has 3 rings (SSSR count). The van der Waals surface area contributed by atoms with Crippen LogP contribution in [-0.2, 0) is 5.92 Å². The van der Waals surface area contributed by atoms with Gasteiger partial charge in [0.25, 0.3) is 5.92 Å². The number of carbonyl (C=O) groups is 1. The van der Waals surface area contributed by atoms with Gasteiger partial charge in [-0.05, 0) is 58.6 Å². The number of unbranched alkanes of at least 4 members (excludes halogenated alkanes) is 1. The van der Waals surface area contributed by atoms with Gasteiger partial charge >= 0.3 is 6.09 Å². The SMILES string of the molecule is CCCCC(F)(F)c1cc(OC(=O)NCCC)c2c(c1)OC(C)(C)[C@@H]1CCC(C)=C[C@@H]21. The minimum absolute atomic E-state index is 0.0419. The first-order chi connectivity index (χ1) is 14.6. The molecule has 1 aromatic rings. The number of benzene rings is 1. The van der Waals surface area contributed by atoms with Crippen molar-refractivity contribution in [1.82, 2.24) is 5.32 Å². The summed E-state index contributed by atoms with van der Waals surface area (Å²) in [6.45, 7) is 10.4. The molecule has 0 saturated heterocycles.